The van der Waals surface area contributed by atoms with Crippen molar-refractivity contribution in [2.45, 2.75) is 44.8 Å². The lowest BCUT2D eigenvalue weighted by molar-refractivity contribution is 0.0397. The highest BCUT2D eigenvalue weighted by Gasteiger charge is 2.37. The third kappa shape index (κ3) is 4.77. The fourth-order valence-electron chi connectivity index (χ4n) is 5.54. The molecule has 194 valence electrons. The van der Waals surface area contributed by atoms with Gasteiger partial charge in [0, 0.05) is 78.9 Å². The Balaban J connectivity index is 1.20. The standard InChI is InChI=1S/C29H32N8O/c1-3-36-19-25(27(34-36)21-6-5-14-30-16-21)26-13-15-31-29(33-26)32-22-11-9-20(10-12-22)28(38)37-18-23-7-4-8-24(37)17-35(23)2/h5-6,9-16,19,23-24H,3-4,7-8,17-18H2,1-2H3,(H,31,32,33). The van der Waals surface area contributed by atoms with Crippen molar-refractivity contribution >= 4 is 17.5 Å². The first-order valence-electron chi connectivity index (χ1n) is 13.3. The molecule has 0 aliphatic carbocycles. The molecule has 1 aromatic carbocycles. The molecular weight excluding hydrogens is 476 g/mol. The number of fused-ring (bicyclic) bond motifs is 4. The fraction of sp³-hybridized carbons (Fsp3) is 0.345. The van der Waals surface area contributed by atoms with Gasteiger partial charge in [0.15, 0.2) is 0 Å². The van der Waals surface area contributed by atoms with Crippen molar-refractivity contribution in [1.82, 2.24) is 34.5 Å². The molecule has 4 aromatic rings. The van der Waals surface area contributed by atoms with Crippen LogP contribution in [0.4, 0.5) is 11.6 Å². The second kappa shape index (κ2) is 10.3. The number of amides is 1. The number of carbonyl (C=O) groups is 1. The molecular formula is C29H32N8O. The Morgan fingerprint density at radius 2 is 1.89 bits per heavy atom. The Morgan fingerprint density at radius 3 is 2.68 bits per heavy atom. The zero-order valence-electron chi connectivity index (χ0n) is 21.8. The molecule has 9 nitrogen and oxygen atoms in total. The Kier molecular flexibility index (Phi) is 6.59. The topological polar surface area (TPSA) is 92.1 Å². The van der Waals surface area contributed by atoms with Crippen LogP contribution in [0.3, 0.4) is 0 Å². The Labute approximate surface area is 222 Å². The molecule has 2 atom stereocenters. The summed E-state index contributed by atoms with van der Waals surface area (Å²) < 4.78 is 1.90. The van der Waals surface area contributed by atoms with Gasteiger partial charge >= 0.3 is 0 Å². The summed E-state index contributed by atoms with van der Waals surface area (Å²) in [5, 5.41) is 8.02. The van der Waals surface area contributed by atoms with Crippen molar-refractivity contribution < 1.29 is 4.79 Å². The summed E-state index contributed by atoms with van der Waals surface area (Å²) in [6.07, 6.45) is 10.7. The number of rotatable bonds is 6. The second-order valence-corrected chi connectivity index (χ2v) is 10.1. The van der Waals surface area contributed by atoms with Crippen molar-refractivity contribution in [1.29, 1.82) is 0 Å². The number of hydrogen-bond donors (Lipinski definition) is 1. The van der Waals surface area contributed by atoms with Gasteiger partial charge in [-0.05, 0) is 75.7 Å². The number of hydrogen-bond acceptors (Lipinski definition) is 7. The highest BCUT2D eigenvalue weighted by Crippen LogP contribution is 2.31. The first-order chi connectivity index (χ1) is 18.6. The van der Waals surface area contributed by atoms with E-state index in [-0.39, 0.29) is 5.91 Å². The zero-order chi connectivity index (χ0) is 26.1. The van der Waals surface area contributed by atoms with Gasteiger partial charge in [0.1, 0.15) is 5.69 Å². The van der Waals surface area contributed by atoms with Crippen molar-refractivity contribution in [3.63, 3.8) is 0 Å². The van der Waals surface area contributed by atoms with Gasteiger partial charge in [-0.2, -0.15) is 5.10 Å². The predicted molar refractivity (Wildman–Crippen MR) is 147 cm³/mol. The van der Waals surface area contributed by atoms with Crippen LogP contribution in [0, 0.1) is 0 Å². The molecule has 1 N–H and O–H groups in total. The zero-order valence-corrected chi connectivity index (χ0v) is 21.8. The molecule has 0 spiro atoms. The van der Waals surface area contributed by atoms with E-state index in [0.717, 1.165) is 54.3 Å². The number of anilines is 2. The fourth-order valence-corrected chi connectivity index (χ4v) is 5.54. The summed E-state index contributed by atoms with van der Waals surface area (Å²) >= 11 is 0. The number of aromatic nitrogens is 5. The van der Waals surface area contributed by atoms with E-state index in [1.165, 1.54) is 12.8 Å². The lowest BCUT2D eigenvalue weighted by Crippen LogP contribution is -2.56. The lowest BCUT2D eigenvalue weighted by atomic mass is 10.1. The van der Waals surface area contributed by atoms with E-state index in [1.807, 2.05) is 59.5 Å². The highest BCUT2D eigenvalue weighted by atomic mass is 16.2. The van der Waals surface area contributed by atoms with Crippen LogP contribution in [-0.2, 0) is 6.54 Å². The van der Waals surface area contributed by atoms with Crippen LogP contribution < -0.4 is 5.32 Å². The maximum absolute atomic E-state index is 13.3. The Hall–Kier alpha value is -4.11. The number of pyridine rings is 1. The van der Waals surface area contributed by atoms with Gasteiger partial charge in [0.25, 0.3) is 5.91 Å². The van der Waals surface area contributed by atoms with Gasteiger partial charge in [0.05, 0.1) is 5.69 Å². The number of nitrogens with zero attached hydrogens (tertiary/aromatic N) is 7. The van der Waals surface area contributed by atoms with Gasteiger partial charge in [-0.15, -0.1) is 0 Å². The first-order valence-corrected chi connectivity index (χ1v) is 13.3. The number of benzene rings is 1. The van der Waals surface area contributed by atoms with E-state index in [9.17, 15) is 4.79 Å². The molecule has 3 aliphatic rings. The third-order valence-corrected chi connectivity index (χ3v) is 7.65. The first kappa shape index (κ1) is 24.2. The van der Waals surface area contributed by atoms with Crippen LogP contribution in [0.1, 0.15) is 36.5 Å². The van der Waals surface area contributed by atoms with Crippen LogP contribution in [-0.4, -0.2) is 72.7 Å². The minimum atomic E-state index is 0.121. The number of nitrogens with one attached hydrogen (secondary N) is 1. The van der Waals surface area contributed by atoms with E-state index in [4.69, 9.17) is 10.1 Å². The van der Waals surface area contributed by atoms with Crippen LogP contribution in [0.2, 0.25) is 0 Å². The van der Waals surface area contributed by atoms with E-state index in [2.05, 4.69) is 39.1 Å². The van der Waals surface area contributed by atoms with Crippen molar-refractivity contribution in [3.8, 4) is 22.5 Å². The highest BCUT2D eigenvalue weighted by molar-refractivity contribution is 5.95. The monoisotopic (exact) mass is 508 g/mol. The average Bonchev–Trinajstić information content (AvgIpc) is 3.18. The molecule has 0 radical (unpaired) electrons. The Morgan fingerprint density at radius 1 is 1.05 bits per heavy atom. The van der Waals surface area contributed by atoms with Crippen LogP contribution in [0.25, 0.3) is 22.5 Å². The summed E-state index contributed by atoms with van der Waals surface area (Å²) in [7, 11) is 2.18. The molecule has 2 unspecified atom stereocenters. The quantitative estimate of drug-likeness (QED) is 0.411. The van der Waals surface area contributed by atoms with Gasteiger partial charge in [-0.3, -0.25) is 19.4 Å². The van der Waals surface area contributed by atoms with Gasteiger partial charge < -0.3 is 10.2 Å². The maximum Gasteiger partial charge on any atom is 0.254 e. The maximum atomic E-state index is 13.3. The lowest BCUT2D eigenvalue weighted by Gasteiger charge is -2.42. The van der Waals surface area contributed by atoms with E-state index >= 15 is 0 Å². The SMILES string of the molecule is CCn1cc(-c2ccnc(Nc3ccc(C(=O)N4CC5CCCC4CN5C)cc3)n2)c(-c2cccnc2)n1. The smallest absolute Gasteiger partial charge is 0.254 e. The van der Waals surface area contributed by atoms with Gasteiger partial charge in [0.2, 0.25) is 5.95 Å². The molecule has 2 bridgehead atoms. The molecule has 3 saturated heterocycles. The van der Waals surface area contributed by atoms with Crippen LogP contribution in [0.5, 0.6) is 0 Å². The van der Waals surface area contributed by atoms with Gasteiger partial charge in [-0.1, -0.05) is 0 Å². The molecule has 38 heavy (non-hydrogen) atoms. The van der Waals surface area contributed by atoms with Crippen LogP contribution in [0.15, 0.2) is 67.3 Å². The molecule has 3 aromatic heterocycles. The largest absolute Gasteiger partial charge is 0.333 e. The van der Waals surface area contributed by atoms with E-state index in [1.54, 1.807) is 12.4 Å². The van der Waals surface area contributed by atoms with Crippen LogP contribution >= 0.6 is 0 Å². The number of piperazine rings is 1. The summed E-state index contributed by atoms with van der Waals surface area (Å²) in [5.74, 6) is 0.603. The second-order valence-electron chi connectivity index (χ2n) is 10.1. The minimum absolute atomic E-state index is 0.121. The summed E-state index contributed by atoms with van der Waals surface area (Å²) in [4.78, 5) is 31.3. The van der Waals surface area contributed by atoms with E-state index < -0.39 is 0 Å². The summed E-state index contributed by atoms with van der Waals surface area (Å²) in [6, 6.07) is 14.2. The van der Waals surface area contributed by atoms with Crippen molar-refractivity contribution in [2.75, 3.05) is 25.5 Å². The molecule has 3 aliphatic heterocycles. The number of carbonyl (C=O) groups excluding carboxylic acids is 1. The van der Waals surface area contributed by atoms with Crippen molar-refractivity contribution in [2.24, 2.45) is 0 Å². The molecule has 7 rings (SSSR count). The predicted octanol–water partition coefficient (Wildman–Crippen LogP) is 4.47. The number of aryl methyl sites for hydroxylation is 1. The summed E-state index contributed by atoms with van der Waals surface area (Å²) in [5.41, 5.74) is 5.01. The molecule has 3 fully saturated rings. The molecule has 1 amide bonds. The average molecular weight is 509 g/mol. The Bertz CT molecular complexity index is 1420. The normalized spacial score (nSPS) is 19.4. The van der Waals surface area contributed by atoms with Gasteiger partial charge in [-0.25, -0.2) is 9.97 Å². The molecule has 9 heteroatoms. The third-order valence-electron chi connectivity index (χ3n) is 7.65. The molecule has 6 heterocycles. The van der Waals surface area contributed by atoms with Crippen molar-refractivity contribution in [3.05, 3.63) is 72.8 Å². The molecule has 0 saturated carbocycles. The number of likely N-dealkylation sites (N-methyl/N-ethyl adjacent to an activating group) is 1. The summed E-state index contributed by atoms with van der Waals surface area (Å²) in [6.45, 7) is 4.59. The van der Waals surface area contributed by atoms with E-state index in [0.29, 0.717) is 23.6 Å². The minimum Gasteiger partial charge on any atom is -0.333 e.